The van der Waals surface area contributed by atoms with Crippen LogP contribution in [0.5, 0.6) is 5.75 Å². The summed E-state index contributed by atoms with van der Waals surface area (Å²) in [5, 5.41) is 0.167. The van der Waals surface area contributed by atoms with E-state index in [1.54, 1.807) is 7.11 Å². The standard InChI is InChI=1S/C13H19ClO/c1-5-12(14)10(3)11-8-9(2)6-7-13(11)15-4/h6-8,10,12H,5H2,1-4H3. The van der Waals surface area contributed by atoms with Gasteiger partial charge in [-0.05, 0) is 25.0 Å². The number of halogens is 1. The van der Waals surface area contributed by atoms with Gasteiger partial charge in [-0.3, -0.25) is 0 Å². The summed E-state index contributed by atoms with van der Waals surface area (Å²) in [6.07, 6.45) is 0.972. The van der Waals surface area contributed by atoms with Crippen LogP contribution in [-0.4, -0.2) is 12.5 Å². The Morgan fingerprint density at radius 1 is 1.40 bits per heavy atom. The second-order valence-corrected chi connectivity index (χ2v) is 4.52. The van der Waals surface area contributed by atoms with Gasteiger partial charge in [0.2, 0.25) is 0 Å². The predicted molar refractivity (Wildman–Crippen MR) is 66.1 cm³/mol. The van der Waals surface area contributed by atoms with Crippen molar-refractivity contribution in [3.8, 4) is 5.75 Å². The minimum Gasteiger partial charge on any atom is -0.496 e. The molecular formula is C13H19ClO. The van der Waals surface area contributed by atoms with Gasteiger partial charge in [0.15, 0.2) is 0 Å². The van der Waals surface area contributed by atoms with Crippen molar-refractivity contribution in [1.29, 1.82) is 0 Å². The Kier molecular flexibility index (Phi) is 4.46. The summed E-state index contributed by atoms with van der Waals surface area (Å²) in [4.78, 5) is 0. The molecule has 0 aliphatic carbocycles. The first-order chi connectivity index (χ1) is 7.10. The van der Waals surface area contributed by atoms with E-state index in [1.165, 1.54) is 11.1 Å². The first-order valence-corrected chi connectivity index (χ1v) is 5.82. The van der Waals surface area contributed by atoms with Gasteiger partial charge in [0.1, 0.15) is 5.75 Å². The van der Waals surface area contributed by atoms with Gasteiger partial charge in [-0.25, -0.2) is 0 Å². The molecule has 84 valence electrons. The van der Waals surface area contributed by atoms with Crippen molar-refractivity contribution in [1.82, 2.24) is 0 Å². The number of rotatable bonds is 4. The Labute approximate surface area is 97.4 Å². The molecule has 0 saturated carbocycles. The number of hydrogen-bond acceptors (Lipinski definition) is 1. The monoisotopic (exact) mass is 226 g/mol. The predicted octanol–water partition coefficient (Wildman–Crippen LogP) is 4.12. The van der Waals surface area contributed by atoms with Gasteiger partial charge in [-0.1, -0.05) is 31.5 Å². The van der Waals surface area contributed by atoms with Crippen LogP contribution in [0.15, 0.2) is 18.2 Å². The Morgan fingerprint density at radius 3 is 2.60 bits per heavy atom. The first-order valence-electron chi connectivity index (χ1n) is 5.38. The van der Waals surface area contributed by atoms with E-state index in [0.29, 0.717) is 5.92 Å². The fraction of sp³-hybridized carbons (Fsp3) is 0.538. The molecule has 2 heteroatoms. The smallest absolute Gasteiger partial charge is 0.122 e. The van der Waals surface area contributed by atoms with Gasteiger partial charge in [0, 0.05) is 11.3 Å². The quantitative estimate of drug-likeness (QED) is 0.702. The highest BCUT2D eigenvalue weighted by molar-refractivity contribution is 6.21. The molecule has 0 amide bonds. The van der Waals surface area contributed by atoms with E-state index in [4.69, 9.17) is 16.3 Å². The molecule has 0 aliphatic heterocycles. The molecule has 2 atom stereocenters. The molecule has 2 unspecified atom stereocenters. The summed E-state index contributed by atoms with van der Waals surface area (Å²) >= 11 is 6.28. The summed E-state index contributed by atoms with van der Waals surface area (Å²) < 4.78 is 5.36. The van der Waals surface area contributed by atoms with Crippen molar-refractivity contribution < 1.29 is 4.74 Å². The van der Waals surface area contributed by atoms with Gasteiger partial charge >= 0.3 is 0 Å². The lowest BCUT2D eigenvalue weighted by atomic mass is 9.94. The minimum absolute atomic E-state index is 0.167. The number of benzene rings is 1. The molecule has 1 aromatic rings. The van der Waals surface area contributed by atoms with Gasteiger partial charge in [-0.2, -0.15) is 0 Å². The van der Waals surface area contributed by atoms with E-state index < -0.39 is 0 Å². The Morgan fingerprint density at radius 2 is 2.07 bits per heavy atom. The summed E-state index contributed by atoms with van der Waals surface area (Å²) in [6.45, 7) is 6.35. The number of ether oxygens (including phenoxy) is 1. The SMILES string of the molecule is CCC(Cl)C(C)c1cc(C)ccc1OC. The zero-order valence-corrected chi connectivity index (χ0v) is 10.6. The maximum absolute atomic E-state index is 6.28. The molecule has 15 heavy (non-hydrogen) atoms. The summed E-state index contributed by atoms with van der Waals surface area (Å²) in [5.41, 5.74) is 2.46. The highest BCUT2D eigenvalue weighted by atomic mass is 35.5. The molecular weight excluding hydrogens is 208 g/mol. The van der Waals surface area contributed by atoms with E-state index in [0.717, 1.165) is 12.2 Å². The lowest BCUT2D eigenvalue weighted by molar-refractivity contribution is 0.405. The molecule has 0 N–H and O–H groups in total. The fourth-order valence-corrected chi connectivity index (χ4v) is 1.89. The highest BCUT2D eigenvalue weighted by Gasteiger charge is 2.18. The molecule has 0 saturated heterocycles. The topological polar surface area (TPSA) is 9.23 Å². The van der Waals surface area contributed by atoms with E-state index in [9.17, 15) is 0 Å². The van der Waals surface area contributed by atoms with Gasteiger partial charge in [0.05, 0.1) is 7.11 Å². The lowest BCUT2D eigenvalue weighted by Crippen LogP contribution is -2.09. The zero-order chi connectivity index (χ0) is 11.4. The molecule has 0 aromatic heterocycles. The Hall–Kier alpha value is -0.690. The minimum atomic E-state index is 0.167. The molecule has 0 radical (unpaired) electrons. The molecule has 1 rings (SSSR count). The van der Waals surface area contributed by atoms with Crippen LogP contribution in [0.4, 0.5) is 0 Å². The number of methoxy groups -OCH3 is 1. The van der Waals surface area contributed by atoms with Crippen LogP contribution >= 0.6 is 11.6 Å². The zero-order valence-electron chi connectivity index (χ0n) is 9.88. The molecule has 0 heterocycles. The van der Waals surface area contributed by atoms with E-state index in [1.807, 2.05) is 6.07 Å². The van der Waals surface area contributed by atoms with Crippen LogP contribution < -0.4 is 4.74 Å². The Bertz CT molecular complexity index is 322. The van der Waals surface area contributed by atoms with Crippen molar-refractivity contribution in [2.75, 3.05) is 7.11 Å². The van der Waals surface area contributed by atoms with Crippen LogP contribution in [-0.2, 0) is 0 Å². The largest absolute Gasteiger partial charge is 0.496 e. The maximum atomic E-state index is 6.28. The van der Waals surface area contributed by atoms with Crippen LogP contribution in [0.25, 0.3) is 0 Å². The molecule has 0 fully saturated rings. The third kappa shape index (κ3) is 2.88. The molecule has 1 nitrogen and oxygen atoms in total. The summed E-state index contributed by atoms with van der Waals surface area (Å²) in [7, 11) is 1.70. The van der Waals surface area contributed by atoms with Crippen molar-refractivity contribution in [2.24, 2.45) is 0 Å². The van der Waals surface area contributed by atoms with Crippen molar-refractivity contribution in [3.05, 3.63) is 29.3 Å². The average molecular weight is 227 g/mol. The van der Waals surface area contributed by atoms with E-state index in [2.05, 4.69) is 32.9 Å². The number of alkyl halides is 1. The van der Waals surface area contributed by atoms with Gasteiger partial charge in [0.25, 0.3) is 0 Å². The van der Waals surface area contributed by atoms with Crippen molar-refractivity contribution in [3.63, 3.8) is 0 Å². The third-order valence-corrected chi connectivity index (χ3v) is 3.49. The molecule has 1 aromatic carbocycles. The van der Waals surface area contributed by atoms with E-state index in [-0.39, 0.29) is 5.38 Å². The molecule has 0 spiro atoms. The number of aryl methyl sites for hydroxylation is 1. The van der Waals surface area contributed by atoms with Crippen LogP contribution in [0, 0.1) is 6.92 Å². The highest BCUT2D eigenvalue weighted by Crippen LogP contribution is 2.32. The van der Waals surface area contributed by atoms with Crippen LogP contribution in [0.3, 0.4) is 0 Å². The van der Waals surface area contributed by atoms with Crippen LogP contribution in [0.1, 0.15) is 37.3 Å². The maximum Gasteiger partial charge on any atom is 0.122 e. The first kappa shape index (κ1) is 12.4. The summed E-state index contributed by atoms with van der Waals surface area (Å²) in [5.74, 6) is 1.26. The van der Waals surface area contributed by atoms with Crippen LogP contribution in [0.2, 0.25) is 0 Å². The van der Waals surface area contributed by atoms with Crippen molar-refractivity contribution >= 4 is 11.6 Å². The average Bonchev–Trinajstić information content (AvgIpc) is 2.27. The second kappa shape index (κ2) is 5.41. The summed E-state index contributed by atoms with van der Waals surface area (Å²) in [6, 6.07) is 6.24. The number of hydrogen-bond donors (Lipinski definition) is 0. The van der Waals surface area contributed by atoms with Crippen molar-refractivity contribution in [2.45, 2.75) is 38.5 Å². The lowest BCUT2D eigenvalue weighted by Gasteiger charge is -2.20. The molecule has 0 bridgehead atoms. The fourth-order valence-electron chi connectivity index (χ4n) is 1.76. The molecule has 0 aliphatic rings. The Balaban J connectivity index is 3.05. The third-order valence-electron chi connectivity index (χ3n) is 2.81. The van der Waals surface area contributed by atoms with E-state index >= 15 is 0 Å². The van der Waals surface area contributed by atoms with Gasteiger partial charge < -0.3 is 4.74 Å². The van der Waals surface area contributed by atoms with Gasteiger partial charge in [-0.15, -0.1) is 11.6 Å². The normalized spacial score (nSPS) is 14.7. The second-order valence-electron chi connectivity index (χ2n) is 3.96.